The number of nitrogens with zero attached hydrogens (tertiary/aromatic N) is 1. The van der Waals surface area contributed by atoms with E-state index in [9.17, 15) is 22.8 Å². The van der Waals surface area contributed by atoms with E-state index in [1.807, 2.05) is 18.2 Å². The number of alkyl halides is 3. The number of halogens is 3. The van der Waals surface area contributed by atoms with Crippen LogP contribution in [0.5, 0.6) is 5.75 Å². The number of benzene rings is 2. The normalized spacial score (nSPS) is 15.3. The van der Waals surface area contributed by atoms with E-state index in [2.05, 4.69) is 23.2 Å². The summed E-state index contributed by atoms with van der Waals surface area (Å²) in [6.07, 6.45) is -2.47. The standard InChI is InChI=1S/C24H21F3N2O4/c1-15-9-16-5-2-3-8-20(16)29(15)12-19-11-21(30)22(13-32-19)33-14-23(31)28-18-7-4-6-17(10-18)24(25,26)27/h2-8,10-11,13,15H,9,12,14H2,1H3,(H,28,31). The molecular weight excluding hydrogens is 437 g/mol. The molecule has 1 aliphatic heterocycles. The molecule has 1 unspecified atom stereocenters. The van der Waals surface area contributed by atoms with Crippen molar-refractivity contribution in [2.45, 2.75) is 32.1 Å². The van der Waals surface area contributed by atoms with Crippen LogP contribution in [-0.4, -0.2) is 18.6 Å². The molecule has 6 nitrogen and oxygen atoms in total. The number of ether oxygens (including phenoxy) is 1. The van der Waals surface area contributed by atoms with Gasteiger partial charge in [0.25, 0.3) is 5.91 Å². The summed E-state index contributed by atoms with van der Waals surface area (Å²) in [5, 5.41) is 2.31. The average Bonchev–Trinajstić information content (AvgIpc) is 3.08. The summed E-state index contributed by atoms with van der Waals surface area (Å²) in [7, 11) is 0. The summed E-state index contributed by atoms with van der Waals surface area (Å²) in [5.74, 6) is -0.419. The van der Waals surface area contributed by atoms with Crippen molar-refractivity contribution in [2.24, 2.45) is 0 Å². The molecule has 0 spiro atoms. The van der Waals surface area contributed by atoms with E-state index in [1.165, 1.54) is 23.8 Å². The number of nitrogens with one attached hydrogen (secondary N) is 1. The number of amides is 1. The van der Waals surface area contributed by atoms with E-state index in [-0.39, 0.29) is 17.5 Å². The Morgan fingerprint density at radius 1 is 1.18 bits per heavy atom. The largest absolute Gasteiger partial charge is 0.477 e. The van der Waals surface area contributed by atoms with Gasteiger partial charge in [0.1, 0.15) is 12.0 Å². The van der Waals surface area contributed by atoms with Crippen LogP contribution in [0.1, 0.15) is 23.8 Å². The molecule has 1 aliphatic rings. The van der Waals surface area contributed by atoms with Crippen molar-refractivity contribution in [1.82, 2.24) is 0 Å². The Hall–Kier alpha value is -3.75. The molecule has 0 bridgehead atoms. The van der Waals surface area contributed by atoms with Crippen LogP contribution in [0, 0.1) is 0 Å². The number of fused-ring (bicyclic) bond motifs is 1. The van der Waals surface area contributed by atoms with Gasteiger partial charge in [-0.1, -0.05) is 24.3 Å². The highest BCUT2D eigenvalue weighted by Gasteiger charge is 2.30. The van der Waals surface area contributed by atoms with Crippen molar-refractivity contribution in [3.8, 4) is 5.75 Å². The Labute approximate surface area is 187 Å². The second kappa shape index (κ2) is 9.01. The van der Waals surface area contributed by atoms with E-state index in [0.717, 1.165) is 30.5 Å². The highest BCUT2D eigenvalue weighted by molar-refractivity contribution is 5.91. The molecule has 2 heterocycles. The molecule has 33 heavy (non-hydrogen) atoms. The van der Waals surface area contributed by atoms with Crippen LogP contribution in [0.2, 0.25) is 0 Å². The van der Waals surface area contributed by atoms with Gasteiger partial charge in [0.05, 0.1) is 12.1 Å². The fourth-order valence-corrected chi connectivity index (χ4v) is 3.78. The second-order valence-corrected chi connectivity index (χ2v) is 7.80. The van der Waals surface area contributed by atoms with Crippen molar-refractivity contribution in [1.29, 1.82) is 0 Å². The number of hydrogen-bond donors (Lipinski definition) is 1. The number of carbonyl (C=O) groups excluding carboxylic acids is 1. The number of anilines is 2. The molecule has 0 saturated carbocycles. The SMILES string of the molecule is CC1Cc2ccccc2N1Cc1cc(=O)c(OCC(=O)Nc2cccc(C(F)(F)F)c2)co1. The minimum Gasteiger partial charge on any atom is -0.477 e. The van der Waals surface area contributed by atoms with Crippen molar-refractivity contribution in [3.05, 3.63) is 88.0 Å². The molecule has 4 rings (SSSR count). The van der Waals surface area contributed by atoms with Gasteiger partial charge in [0, 0.05) is 23.5 Å². The first-order valence-electron chi connectivity index (χ1n) is 10.3. The van der Waals surface area contributed by atoms with E-state index < -0.39 is 29.7 Å². The molecule has 9 heteroatoms. The first-order chi connectivity index (χ1) is 15.7. The minimum atomic E-state index is -4.52. The molecule has 0 fully saturated rings. The third kappa shape index (κ3) is 5.19. The van der Waals surface area contributed by atoms with Crippen molar-refractivity contribution in [2.75, 3.05) is 16.8 Å². The van der Waals surface area contributed by atoms with Gasteiger partial charge in [-0.2, -0.15) is 13.2 Å². The third-order valence-electron chi connectivity index (χ3n) is 5.36. The van der Waals surface area contributed by atoms with Gasteiger partial charge < -0.3 is 19.4 Å². The Kier molecular flexibility index (Phi) is 6.13. The van der Waals surface area contributed by atoms with Gasteiger partial charge in [0.15, 0.2) is 6.61 Å². The van der Waals surface area contributed by atoms with Crippen LogP contribution < -0.4 is 20.4 Å². The van der Waals surface area contributed by atoms with Gasteiger partial charge in [-0.25, -0.2) is 0 Å². The van der Waals surface area contributed by atoms with Gasteiger partial charge in [-0.15, -0.1) is 0 Å². The Morgan fingerprint density at radius 3 is 2.73 bits per heavy atom. The summed E-state index contributed by atoms with van der Waals surface area (Å²) < 4.78 is 49.1. The van der Waals surface area contributed by atoms with Crippen molar-refractivity contribution < 1.29 is 27.1 Å². The van der Waals surface area contributed by atoms with Crippen molar-refractivity contribution in [3.63, 3.8) is 0 Å². The monoisotopic (exact) mass is 458 g/mol. The molecule has 1 amide bonds. The molecule has 1 N–H and O–H groups in total. The molecule has 2 aromatic carbocycles. The highest BCUT2D eigenvalue weighted by atomic mass is 19.4. The number of rotatable bonds is 6. The van der Waals surface area contributed by atoms with E-state index in [4.69, 9.17) is 9.15 Å². The second-order valence-electron chi connectivity index (χ2n) is 7.80. The first-order valence-corrected chi connectivity index (χ1v) is 10.3. The summed E-state index contributed by atoms with van der Waals surface area (Å²) in [5.41, 5.74) is 0.967. The fraction of sp³-hybridized carbons (Fsp3) is 0.250. The number of hydrogen-bond acceptors (Lipinski definition) is 5. The summed E-state index contributed by atoms with van der Waals surface area (Å²) in [6, 6.07) is 13.8. The molecule has 172 valence electrons. The quantitative estimate of drug-likeness (QED) is 0.583. The maximum absolute atomic E-state index is 12.8. The smallest absolute Gasteiger partial charge is 0.416 e. The molecule has 0 saturated heterocycles. The predicted octanol–water partition coefficient (Wildman–Crippen LogP) is 4.63. The van der Waals surface area contributed by atoms with Crippen LogP contribution in [0.4, 0.5) is 24.5 Å². The Bertz CT molecular complexity index is 1220. The predicted molar refractivity (Wildman–Crippen MR) is 116 cm³/mol. The third-order valence-corrected chi connectivity index (χ3v) is 5.36. The Morgan fingerprint density at radius 2 is 1.97 bits per heavy atom. The van der Waals surface area contributed by atoms with Gasteiger partial charge in [-0.3, -0.25) is 9.59 Å². The lowest BCUT2D eigenvalue weighted by molar-refractivity contribution is -0.137. The summed E-state index contributed by atoms with van der Waals surface area (Å²) in [4.78, 5) is 26.6. The lowest BCUT2D eigenvalue weighted by Crippen LogP contribution is -2.29. The molecule has 0 aliphatic carbocycles. The first kappa shape index (κ1) is 22.4. The van der Waals surface area contributed by atoms with E-state index in [1.54, 1.807) is 0 Å². The summed E-state index contributed by atoms with van der Waals surface area (Å²) >= 11 is 0. The molecule has 1 aromatic heterocycles. The molecule has 1 atom stereocenters. The lowest BCUT2D eigenvalue weighted by atomic mass is 10.1. The van der Waals surface area contributed by atoms with Crippen LogP contribution in [-0.2, 0) is 23.9 Å². The maximum Gasteiger partial charge on any atom is 0.416 e. The zero-order chi connectivity index (χ0) is 23.6. The minimum absolute atomic E-state index is 0.0270. The van der Waals surface area contributed by atoms with E-state index in [0.29, 0.717) is 12.3 Å². The number of para-hydroxylation sites is 1. The lowest BCUT2D eigenvalue weighted by Gasteiger charge is -2.24. The molecule has 0 radical (unpaired) electrons. The van der Waals surface area contributed by atoms with E-state index >= 15 is 0 Å². The fourth-order valence-electron chi connectivity index (χ4n) is 3.78. The maximum atomic E-state index is 12.8. The summed E-state index contributed by atoms with van der Waals surface area (Å²) in [6.45, 7) is 1.94. The molecule has 3 aromatic rings. The van der Waals surface area contributed by atoms with Crippen LogP contribution in [0.3, 0.4) is 0 Å². The zero-order valence-corrected chi connectivity index (χ0v) is 17.7. The topological polar surface area (TPSA) is 71.8 Å². The van der Waals surface area contributed by atoms with Crippen LogP contribution >= 0.6 is 0 Å². The average molecular weight is 458 g/mol. The molecular formula is C24H21F3N2O4. The van der Waals surface area contributed by atoms with Gasteiger partial charge >= 0.3 is 6.18 Å². The van der Waals surface area contributed by atoms with Gasteiger partial charge in [0.2, 0.25) is 11.2 Å². The highest BCUT2D eigenvalue weighted by Crippen LogP contribution is 2.33. The zero-order valence-electron chi connectivity index (χ0n) is 17.7. The van der Waals surface area contributed by atoms with Gasteiger partial charge in [-0.05, 0) is 43.2 Å². The van der Waals surface area contributed by atoms with Crippen LogP contribution in [0.25, 0.3) is 0 Å². The number of carbonyl (C=O) groups is 1. The van der Waals surface area contributed by atoms with Crippen LogP contribution in [0.15, 0.2) is 70.1 Å². The van der Waals surface area contributed by atoms with Crippen molar-refractivity contribution >= 4 is 17.3 Å². The Balaban J connectivity index is 1.36.